The molecule has 0 spiro atoms. The monoisotopic (exact) mass is 379 g/mol. The number of carbonyl (C=O) groups excluding carboxylic acids is 1. The van der Waals surface area contributed by atoms with E-state index in [9.17, 15) is 9.59 Å². The molecule has 0 fully saturated rings. The van der Waals surface area contributed by atoms with Gasteiger partial charge in [-0.3, -0.25) is 9.59 Å². The highest BCUT2D eigenvalue weighted by Crippen LogP contribution is 2.30. The molecule has 3 aromatic carbocycles. The molecular weight excluding hydrogens is 362 g/mol. The molecule has 1 amide bonds. The maximum atomic E-state index is 12.9. The molecule has 5 nitrogen and oxygen atoms in total. The van der Waals surface area contributed by atoms with Crippen LogP contribution in [-0.4, -0.2) is 15.9 Å². The smallest absolute Gasteiger partial charge is 0.261 e. The molecular formula is C24H17N3O2. The molecule has 0 saturated heterocycles. The molecule has 3 N–H and O–H groups in total. The number of para-hydroxylation sites is 3. The maximum absolute atomic E-state index is 12.9. The van der Waals surface area contributed by atoms with Gasteiger partial charge in [-0.2, -0.15) is 0 Å². The predicted octanol–water partition coefficient (Wildman–Crippen LogP) is 4.93. The highest BCUT2D eigenvalue weighted by atomic mass is 16.2. The van der Waals surface area contributed by atoms with Crippen molar-refractivity contribution in [1.82, 2.24) is 9.97 Å². The number of benzene rings is 3. The summed E-state index contributed by atoms with van der Waals surface area (Å²) in [7, 11) is 0. The van der Waals surface area contributed by atoms with Crippen LogP contribution in [0.25, 0.3) is 33.1 Å². The van der Waals surface area contributed by atoms with E-state index in [1.165, 1.54) is 6.20 Å². The molecule has 0 saturated carbocycles. The van der Waals surface area contributed by atoms with Gasteiger partial charge in [-0.1, -0.05) is 48.5 Å². The molecule has 29 heavy (non-hydrogen) atoms. The second-order valence-electron chi connectivity index (χ2n) is 6.85. The van der Waals surface area contributed by atoms with Crippen LogP contribution in [0.5, 0.6) is 0 Å². The van der Waals surface area contributed by atoms with E-state index in [2.05, 4.69) is 15.3 Å². The number of hydrogen-bond acceptors (Lipinski definition) is 2. The number of H-pyrrole nitrogens is 2. The Labute approximate surface area is 166 Å². The second kappa shape index (κ2) is 6.80. The Morgan fingerprint density at radius 1 is 0.828 bits per heavy atom. The number of amides is 1. The fraction of sp³-hybridized carbons (Fsp3) is 0. The van der Waals surface area contributed by atoms with Gasteiger partial charge in [-0.05, 0) is 30.3 Å². The van der Waals surface area contributed by atoms with Crippen molar-refractivity contribution in [2.75, 3.05) is 5.32 Å². The fourth-order valence-corrected chi connectivity index (χ4v) is 3.57. The quantitative estimate of drug-likeness (QED) is 0.416. The molecule has 2 aromatic heterocycles. The number of fused-ring (bicyclic) bond motifs is 2. The average Bonchev–Trinajstić information content (AvgIpc) is 3.18. The molecule has 5 rings (SSSR count). The van der Waals surface area contributed by atoms with Crippen molar-refractivity contribution >= 4 is 33.4 Å². The zero-order valence-electron chi connectivity index (χ0n) is 15.4. The number of pyridine rings is 1. The van der Waals surface area contributed by atoms with Crippen LogP contribution in [0.15, 0.2) is 89.9 Å². The normalized spacial score (nSPS) is 11.0. The molecule has 0 atom stereocenters. The molecule has 5 aromatic rings. The van der Waals surface area contributed by atoms with E-state index in [4.69, 9.17) is 0 Å². The van der Waals surface area contributed by atoms with Gasteiger partial charge in [0.25, 0.3) is 5.91 Å². The lowest BCUT2D eigenvalue weighted by molar-refractivity contribution is 0.102. The van der Waals surface area contributed by atoms with Crippen molar-refractivity contribution in [2.45, 2.75) is 0 Å². The van der Waals surface area contributed by atoms with E-state index in [-0.39, 0.29) is 11.0 Å². The highest BCUT2D eigenvalue weighted by Gasteiger charge is 2.15. The number of carbonyl (C=O) groups is 1. The zero-order valence-corrected chi connectivity index (χ0v) is 15.4. The van der Waals surface area contributed by atoms with Gasteiger partial charge < -0.3 is 15.3 Å². The minimum Gasteiger partial charge on any atom is -0.360 e. The lowest BCUT2D eigenvalue weighted by atomic mass is 10.1. The number of hydrogen-bond donors (Lipinski definition) is 3. The number of aromatic amines is 2. The number of nitrogens with one attached hydrogen (secondary N) is 3. The van der Waals surface area contributed by atoms with Gasteiger partial charge in [0.05, 0.1) is 5.69 Å². The van der Waals surface area contributed by atoms with E-state index in [0.717, 1.165) is 22.2 Å². The molecule has 0 aliphatic carbocycles. The fourth-order valence-electron chi connectivity index (χ4n) is 3.57. The predicted molar refractivity (Wildman–Crippen MR) is 116 cm³/mol. The Hall–Kier alpha value is -4.12. The van der Waals surface area contributed by atoms with Crippen molar-refractivity contribution in [3.8, 4) is 11.3 Å². The first-order valence-corrected chi connectivity index (χ1v) is 9.29. The largest absolute Gasteiger partial charge is 0.360 e. The molecule has 0 radical (unpaired) electrons. The molecule has 0 unspecified atom stereocenters. The van der Waals surface area contributed by atoms with Crippen LogP contribution in [0.4, 0.5) is 5.69 Å². The van der Waals surface area contributed by atoms with Gasteiger partial charge in [0.15, 0.2) is 0 Å². The van der Waals surface area contributed by atoms with Gasteiger partial charge in [-0.25, -0.2) is 0 Å². The van der Waals surface area contributed by atoms with Crippen LogP contribution in [0.2, 0.25) is 0 Å². The molecule has 0 aliphatic rings. The third-order valence-corrected chi connectivity index (χ3v) is 5.03. The highest BCUT2D eigenvalue weighted by molar-refractivity contribution is 6.07. The standard InChI is InChI=1S/C24H17N3O2/c28-23-17-9-3-5-11-20(17)25-14-18(23)24(29)27-21-12-6-2-8-16(21)22-13-15-7-1-4-10-19(15)26-22/h1-14,26H,(H,25,28)(H,27,29). The lowest BCUT2D eigenvalue weighted by Gasteiger charge is -2.10. The summed E-state index contributed by atoms with van der Waals surface area (Å²) in [5.41, 5.74) is 3.90. The van der Waals surface area contributed by atoms with Gasteiger partial charge in [0.2, 0.25) is 5.43 Å². The van der Waals surface area contributed by atoms with E-state index < -0.39 is 5.91 Å². The summed E-state index contributed by atoms with van der Waals surface area (Å²) >= 11 is 0. The van der Waals surface area contributed by atoms with Crippen molar-refractivity contribution < 1.29 is 4.79 Å². The van der Waals surface area contributed by atoms with Crippen LogP contribution in [-0.2, 0) is 0 Å². The SMILES string of the molecule is O=C(Nc1ccccc1-c1cc2ccccc2[nH]1)c1c[nH]c2ccccc2c1=O. The second-order valence-corrected chi connectivity index (χ2v) is 6.85. The molecule has 5 heteroatoms. The first kappa shape index (κ1) is 17.0. The first-order valence-electron chi connectivity index (χ1n) is 9.29. The minimum absolute atomic E-state index is 0.0788. The number of rotatable bonds is 3. The summed E-state index contributed by atoms with van der Waals surface area (Å²) in [6.45, 7) is 0. The summed E-state index contributed by atoms with van der Waals surface area (Å²) in [5.74, 6) is -0.444. The van der Waals surface area contributed by atoms with Gasteiger partial charge >= 0.3 is 0 Å². The summed E-state index contributed by atoms with van der Waals surface area (Å²) in [6, 6.07) is 24.7. The molecule has 2 heterocycles. The van der Waals surface area contributed by atoms with Gasteiger partial charge in [0, 0.05) is 39.3 Å². The van der Waals surface area contributed by atoms with Crippen molar-refractivity contribution in [1.29, 1.82) is 0 Å². The molecule has 140 valence electrons. The molecule has 0 aliphatic heterocycles. The zero-order chi connectivity index (χ0) is 19.8. The third-order valence-electron chi connectivity index (χ3n) is 5.03. The Balaban J connectivity index is 1.54. The van der Waals surface area contributed by atoms with Crippen molar-refractivity contribution in [3.63, 3.8) is 0 Å². The number of anilines is 1. The van der Waals surface area contributed by atoms with Crippen molar-refractivity contribution in [3.05, 3.63) is 101 Å². The first-order chi connectivity index (χ1) is 14.2. The summed E-state index contributed by atoms with van der Waals surface area (Å²) in [6.07, 6.45) is 1.46. The Morgan fingerprint density at radius 2 is 1.55 bits per heavy atom. The number of aromatic nitrogens is 2. The summed E-state index contributed by atoms with van der Waals surface area (Å²) in [5, 5.41) is 4.48. The summed E-state index contributed by atoms with van der Waals surface area (Å²) in [4.78, 5) is 32.0. The Kier molecular flexibility index (Phi) is 3.99. The topological polar surface area (TPSA) is 77.8 Å². The van der Waals surface area contributed by atoms with Crippen LogP contribution in [0, 0.1) is 0 Å². The van der Waals surface area contributed by atoms with Crippen LogP contribution in [0.3, 0.4) is 0 Å². The summed E-state index contributed by atoms with van der Waals surface area (Å²) < 4.78 is 0. The van der Waals surface area contributed by atoms with E-state index in [1.807, 2.05) is 66.7 Å². The lowest BCUT2D eigenvalue weighted by Crippen LogP contribution is -2.22. The van der Waals surface area contributed by atoms with Crippen molar-refractivity contribution in [2.24, 2.45) is 0 Å². The Morgan fingerprint density at radius 3 is 2.41 bits per heavy atom. The van der Waals surface area contributed by atoms with Gasteiger partial charge in [0.1, 0.15) is 5.56 Å². The van der Waals surface area contributed by atoms with E-state index in [1.54, 1.807) is 12.1 Å². The van der Waals surface area contributed by atoms with E-state index in [0.29, 0.717) is 16.6 Å². The molecule has 0 bridgehead atoms. The maximum Gasteiger partial charge on any atom is 0.261 e. The minimum atomic E-state index is -0.444. The van der Waals surface area contributed by atoms with Crippen LogP contribution >= 0.6 is 0 Å². The van der Waals surface area contributed by atoms with Crippen LogP contribution in [0.1, 0.15) is 10.4 Å². The van der Waals surface area contributed by atoms with E-state index >= 15 is 0 Å². The van der Waals surface area contributed by atoms with Crippen LogP contribution < -0.4 is 10.7 Å². The van der Waals surface area contributed by atoms with Gasteiger partial charge in [-0.15, -0.1) is 0 Å². The Bertz CT molecular complexity index is 1400. The third kappa shape index (κ3) is 2.99. The average molecular weight is 379 g/mol.